The Labute approximate surface area is 85.0 Å². The van der Waals surface area contributed by atoms with Gasteiger partial charge in [0.05, 0.1) is 11.7 Å². The van der Waals surface area contributed by atoms with Gasteiger partial charge in [-0.25, -0.2) is 0 Å². The van der Waals surface area contributed by atoms with Gasteiger partial charge in [-0.3, -0.25) is 0 Å². The van der Waals surface area contributed by atoms with Crippen LogP contribution in [-0.2, 0) is 6.18 Å². The van der Waals surface area contributed by atoms with Crippen molar-refractivity contribution >= 4 is 0 Å². The molecule has 2 nitrogen and oxygen atoms in total. The number of hydrogen-bond acceptors (Lipinski definition) is 2. The molecule has 0 radical (unpaired) electrons. The third-order valence-electron chi connectivity index (χ3n) is 2.01. The molecule has 0 bridgehead atoms. The van der Waals surface area contributed by atoms with Crippen molar-refractivity contribution in [2.24, 2.45) is 0 Å². The molecule has 1 aromatic rings. The summed E-state index contributed by atoms with van der Waals surface area (Å²) in [6.45, 7) is 1.31. The first kappa shape index (κ1) is 12.0. The van der Waals surface area contributed by atoms with Gasteiger partial charge >= 0.3 is 6.18 Å². The lowest BCUT2D eigenvalue weighted by atomic mass is 10.0. The second-order valence-electron chi connectivity index (χ2n) is 3.31. The monoisotopic (exact) mass is 220 g/mol. The number of benzene rings is 1. The maximum absolute atomic E-state index is 12.3. The predicted octanol–water partition coefficient (Wildman–Crippen LogP) is 2.12. The van der Waals surface area contributed by atoms with Crippen LogP contribution in [0, 0.1) is 0 Å². The summed E-state index contributed by atoms with van der Waals surface area (Å²) in [5, 5.41) is 18.4. The molecule has 0 saturated heterocycles. The molecule has 0 fully saturated rings. The van der Waals surface area contributed by atoms with Crippen LogP contribution in [0.4, 0.5) is 13.2 Å². The van der Waals surface area contributed by atoms with E-state index in [9.17, 15) is 18.3 Å². The van der Waals surface area contributed by atoms with Crippen LogP contribution < -0.4 is 0 Å². The minimum atomic E-state index is -4.44. The standard InChI is InChI=1S/C10H11F3O2/c1-6(14)9(15)7-3-2-4-8(5-7)10(11,12)13/h2-6,9,14-15H,1H3. The van der Waals surface area contributed by atoms with Crippen LogP contribution in [0.5, 0.6) is 0 Å². The van der Waals surface area contributed by atoms with E-state index in [1.165, 1.54) is 19.1 Å². The van der Waals surface area contributed by atoms with Crippen molar-refractivity contribution in [3.8, 4) is 0 Å². The van der Waals surface area contributed by atoms with Crippen LogP contribution in [-0.4, -0.2) is 16.3 Å². The molecule has 5 heteroatoms. The summed E-state index contributed by atoms with van der Waals surface area (Å²) >= 11 is 0. The molecule has 0 saturated carbocycles. The van der Waals surface area contributed by atoms with Gasteiger partial charge in [0, 0.05) is 0 Å². The molecule has 0 amide bonds. The Hall–Kier alpha value is -1.07. The topological polar surface area (TPSA) is 40.5 Å². The molecular formula is C10H11F3O2. The zero-order valence-corrected chi connectivity index (χ0v) is 7.99. The summed E-state index contributed by atoms with van der Waals surface area (Å²) in [6.07, 6.45) is -6.84. The number of aliphatic hydroxyl groups excluding tert-OH is 2. The highest BCUT2D eigenvalue weighted by atomic mass is 19.4. The predicted molar refractivity (Wildman–Crippen MR) is 48.1 cm³/mol. The zero-order chi connectivity index (χ0) is 11.6. The number of alkyl halides is 3. The maximum atomic E-state index is 12.3. The largest absolute Gasteiger partial charge is 0.416 e. The summed E-state index contributed by atoms with van der Waals surface area (Å²) in [6, 6.07) is 4.28. The van der Waals surface area contributed by atoms with Crippen LogP contribution in [0.15, 0.2) is 24.3 Å². The first-order chi connectivity index (χ1) is 6.82. The third kappa shape index (κ3) is 2.94. The second-order valence-corrected chi connectivity index (χ2v) is 3.31. The Bertz CT molecular complexity index is 334. The van der Waals surface area contributed by atoms with E-state index >= 15 is 0 Å². The van der Waals surface area contributed by atoms with Crippen molar-refractivity contribution in [2.75, 3.05) is 0 Å². The van der Waals surface area contributed by atoms with Crippen LogP contribution in [0.1, 0.15) is 24.2 Å². The third-order valence-corrected chi connectivity index (χ3v) is 2.01. The molecule has 0 heterocycles. The van der Waals surface area contributed by atoms with Crippen molar-refractivity contribution < 1.29 is 23.4 Å². The van der Waals surface area contributed by atoms with E-state index < -0.39 is 23.9 Å². The highest BCUT2D eigenvalue weighted by molar-refractivity contribution is 5.27. The fourth-order valence-corrected chi connectivity index (χ4v) is 1.18. The Morgan fingerprint density at radius 2 is 1.80 bits per heavy atom. The van der Waals surface area contributed by atoms with Crippen molar-refractivity contribution in [1.82, 2.24) is 0 Å². The summed E-state index contributed by atoms with van der Waals surface area (Å²) < 4.78 is 36.9. The summed E-state index contributed by atoms with van der Waals surface area (Å²) in [5.41, 5.74) is -0.778. The fourth-order valence-electron chi connectivity index (χ4n) is 1.18. The van der Waals surface area contributed by atoms with E-state index in [0.717, 1.165) is 12.1 Å². The minimum Gasteiger partial charge on any atom is -0.390 e. The van der Waals surface area contributed by atoms with Gasteiger partial charge in [-0.15, -0.1) is 0 Å². The fraction of sp³-hybridized carbons (Fsp3) is 0.400. The van der Waals surface area contributed by atoms with Crippen molar-refractivity contribution in [3.63, 3.8) is 0 Å². The Morgan fingerprint density at radius 1 is 1.20 bits per heavy atom. The van der Waals surface area contributed by atoms with Crippen LogP contribution >= 0.6 is 0 Å². The highest BCUT2D eigenvalue weighted by Crippen LogP contribution is 2.31. The number of hydrogen-bond donors (Lipinski definition) is 2. The van der Waals surface area contributed by atoms with Crippen molar-refractivity contribution in [3.05, 3.63) is 35.4 Å². The van der Waals surface area contributed by atoms with Crippen molar-refractivity contribution in [2.45, 2.75) is 25.3 Å². The number of halogens is 3. The molecule has 2 unspecified atom stereocenters. The van der Waals surface area contributed by atoms with Gasteiger partial charge in [0.25, 0.3) is 0 Å². The molecule has 1 rings (SSSR count). The zero-order valence-electron chi connectivity index (χ0n) is 7.99. The Kier molecular flexibility index (Phi) is 3.36. The molecule has 2 atom stereocenters. The number of rotatable bonds is 2. The normalized spacial score (nSPS) is 16.1. The molecule has 0 aliphatic heterocycles. The van der Waals surface area contributed by atoms with E-state index in [4.69, 9.17) is 5.11 Å². The molecule has 15 heavy (non-hydrogen) atoms. The van der Waals surface area contributed by atoms with Gasteiger partial charge in [-0.2, -0.15) is 13.2 Å². The molecule has 1 aromatic carbocycles. The van der Waals surface area contributed by atoms with E-state index in [-0.39, 0.29) is 5.56 Å². The summed E-state index contributed by atoms with van der Waals surface area (Å²) in [4.78, 5) is 0. The molecule has 2 N–H and O–H groups in total. The second kappa shape index (κ2) is 4.20. The Morgan fingerprint density at radius 3 is 2.27 bits per heavy atom. The summed E-state index contributed by atoms with van der Waals surface area (Å²) in [5.74, 6) is 0. The average molecular weight is 220 g/mol. The van der Waals surface area contributed by atoms with Crippen LogP contribution in [0.2, 0.25) is 0 Å². The van der Waals surface area contributed by atoms with E-state index in [2.05, 4.69) is 0 Å². The lowest BCUT2D eigenvalue weighted by Crippen LogP contribution is -2.15. The molecule has 0 aromatic heterocycles. The van der Waals surface area contributed by atoms with Gasteiger partial charge in [0.2, 0.25) is 0 Å². The first-order valence-corrected chi connectivity index (χ1v) is 4.35. The van der Waals surface area contributed by atoms with Crippen molar-refractivity contribution in [1.29, 1.82) is 0 Å². The van der Waals surface area contributed by atoms with Gasteiger partial charge in [0.15, 0.2) is 0 Å². The molecule has 0 aliphatic rings. The highest BCUT2D eigenvalue weighted by Gasteiger charge is 2.31. The number of aliphatic hydroxyl groups is 2. The quantitative estimate of drug-likeness (QED) is 0.801. The minimum absolute atomic E-state index is 0.0554. The smallest absolute Gasteiger partial charge is 0.390 e. The summed E-state index contributed by atoms with van der Waals surface area (Å²) in [7, 11) is 0. The van der Waals surface area contributed by atoms with Gasteiger partial charge in [0.1, 0.15) is 6.10 Å². The molecule has 84 valence electrons. The van der Waals surface area contributed by atoms with E-state index in [1.807, 2.05) is 0 Å². The SMILES string of the molecule is CC(O)C(O)c1cccc(C(F)(F)F)c1. The first-order valence-electron chi connectivity index (χ1n) is 4.35. The lowest BCUT2D eigenvalue weighted by molar-refractivity contribution is -0.137. The van der Waals surface area contributed by atoms with Gasteiger partial charge in [-0.05, 0) is 24.6 Å². The Balaban J connectivity index is 3.03. The molecule has 0 spiro atoms. The van der Waals surface area contributed by atoms with E-state index in [1.54, 1.807) is 0 Å². The molecular weight excluding hydrogens is 209 g/mol. The average Bonchev–Trinajstić information content (AvgIpc) is 2.15. The lowest BCUT2D eigenvalue weighted by Gasteiger charge is -2.15. The molecule has 0 aliphatic carbocycles. The van der Waals surface area contributed by atoms with E-state index in [0.29, 0.717) is 0 Å². The van der Waals surface area contributed by atoms with Gasteiger partial charge < -0.3 is 10.2 Å². The van der Waals surface area contributed by atoms with Crippen LogP contribution in [0.3, 0.4) is 0 Å². The maximum Gasteiger partial charge on any atom is 0.416 e. The van der Waals surface area contributed by atoms with Gasteiger partial charge in [-0.1, -0.05) is 12.1 Å². The van der Waals surface area contributed by atoms with Crippen LogP contribution in [0.25, 0.3) is 0 Å².